The molecule has 2 atom stereocenters. The zero-order valence-corrected chi connectivity index (χ0v) is 11.7. The van der Waals surface area contributed by atoms with E-state index in [4.69, 9.17) is 4.74 Å². The summed E-state index contributed by atoms with van der Waals surface area (Å²) < 4.78 is 5.42. The Bertz CT molecular complexity index is 323. The molecular formula is C14H25NO3. The molecule has 18 heavy (non-hydrogen) atoms. The summed E-state index contributed by atoms with van der Waals surface area (Å²) >= 11 is 0. The summed E-state index contributed by atoms with van der Waals surface area (Å²) in [6, 6.07) is 0. The Kier molecular flexibility index (Phi) is 3.58. The topological polar surface area (TPSA) is 49.8 Å². The Morgan fingerprint density at radius 3 is 2.72 bits per heavy atom. The third-order valence-electron chi connectivity index (χ3n) is 4.15. The molecule has 0 aromatic rings. The summed E-state index contributed by atoms with van der Waals surface area (Å²) in [5.74, 6) is 0.434. The van der Waals surface area contributed by atoms with Crippen LogP contribution in [0.25, 0.3) is 0 Å². The van der Waals surface area contributed by atoms with Crippen LogP contribution in [0.15, 0.2) is 0 Å². The number of carbonyl (C=O) groups excluding carboxylic acids is 1. The van der Waals surface area contributed by atoms with Gasteiger partial charge in [0.2, 0.25) is 0 Å². The van der Waals surface area contributed by atoms with E-state index in [9.17, 15) is 9.90 Å². The maximum absolute atomic E-state index is 12.0. The van der Waals surface area contributed by atoms with E-state index in [1.807, 2.05) is 25.7 Å². The van der Waals surface area contributed by atoms with Crippen molar-refractivity contribution in [3.05, 3.63) is 0 Å². The lowest BCUT2D eigenvalue weighted by atomic mass is 9.84. The minimum Gasteiger partial charge on any atom is -0.444 e. The van der Waals surface area contributed by atoms with Crippen molar-refractivity contribution in [2.75, 3.05) is 19.7 Å². The predicted molar refractivity (Wildman–Crippen MR) is 69.3 cm³/mol. The van der Waals surface area contributed by atoms with Gasteiger partial charge in [-0.3, -0.25) is 0 Å². The summed E-state index contributed by atoms with van der Waals surface area (Å²) in [5.41, 5.74) is -0.166. The van der Waals surface area contributed by atoms with Gasteiger partial charge in [0, 0.05) is 19.7 Å². The van der Waals surface area contributed by atoms with Gasteiger partial charge in [0.1, 0.15) is 5.60 Å². The van der Waals surface area contributed by atoms with E-state index in [0.717, 1.165) is 38.8 Å². The highest BCUT2D eigenvalue weighted by atomic mass is 16.6. The van der Waals surface area contributed by atoms with Crippen molar-refractivity contribution in [3.63, 3.8) is 0 Å². The monoisotopic (exact) mass is 255 g/mol. The zero-order valence-electron chi connectivity index (χ0n) is 11.7. The summed E-state index contributed by atoms with van der Waals surface area (Å²) in [6.45, 7) is 7.58. The largest absolute Gasteiger partial charge is 0.444 e. The molecule has 1 saturated heterocycles. The van der Waals surface area contributed by atoms with Crippen molar-refractivity contribution in [3.8, 4) is 0 Å². The first-order valence-corrected chi connectivity index (χ1v) is 6.92. The van der Waals surface area contributed by atoms with Gasteiger partial charge in [-0.25, -0.2) is 4.79 Å². The van der Waals surface area contributed by atoms with E-state index in [-0.39, 0.29) is 18.1 Å². The van der Waals surface area contributed by atoms with E-state index in [1.54, 1.807) is 0 Å². The van der Waals surface area contributed by atoms with Crippen molar-refractivity contribution in [1.82, 2.24) is 4.90 Å². The van der Waals surface area contributed by atoms with Crippen LogP contribution >= 0.6 is 0 Å². The smallest absolute Gasteiger partial charge is 0.410 e. The number of likely N-dealkylation sites (tertiary alicyclic amines) is 1. The number of carbonyl (C=O) groups is 1. The molecule has 0 aromatic carbocycles. The van der Waals surface area contributed by atoms with Crippen LogP contribution in [-0.2, 0) is 4.74 Å². The van der Waals surface area contributed by atoms with E-state index >= 15 is 0 Å². The number of nitrogens with zero attached hydrogens (tertiary/aromatic N) is 1. The lowest BCUT2D eigenvalue weighted by molar-refractivity contribution is 0.0272. The molecule has 1 amide bonds. The molecule has 2 aliphatic rings. The van der Waals surface area contributed by atoms with Gasteiger partial charge in [-0.05, 0) is 57.8 Å². The molecule has 0 radical (unpaired) electrons. The third-order valence-corrected chi connectivity index (χ3v) is 4.15. The second kappa shape index (κ2) is 4.72. The van der Waals surface area contributed by atoms with Gasteiger partial charge in [-0.1, -0.05) is 0 Å². The summed E-state index contributed by atoms with van der Waals surface area (Å²) in [5, 5.41) is 9.23. The number of aliphatic hydroxyl groups is 1. The Balaban J connectivity index is 1.91. The van der Waals surface area contributed by atoms with Crippen molar-refractivity contribution >= 4 is 6.09 Å². The van der Waals surface area contributed by atoms with Crippen LogP contribution in [0.3, 0.4) is 0 Å². The summed E-state index contributed by atoms with van der Waals surface area (Å²) in [7, 11) is 0. The molecule has 4 nitrogen and oxygen atoms in total. The molecule has 2 rings (SSSR count). The number of hydrogen-bond acceptors (Lipinski definition) is 3. The number of hydrogen-bond donors (Lipinski definition) is 1. The van der Waals surface area contributed by atoms with E-state index in [2.05, 4.69) is 0 Å². The standard InChI is InChI=1S/C14H25NO3/c1-13(2,3)18-12(17)15-7-6-14(10-15)5-4-11(8-14)9-16/h11,16H,4-10H2,1-3H3/t11-,14-/m0/s1. The second-order valence-electron chi connectivity index (χ2n) is 6.94. The predicted octanol–water partition coefficient (Wildman–Crippen LogP) is 2.41. The van der Waals surface area contributed by atoms with Crippen LogP contribution < -0.4 is 0 Å². The molecule has 0 bridgehead atoms. The second-order valence-corrected chi connectivity index (χ2v) is 6.94. The Labute approximate surface area is 109 Å². The lowest BCUT2D eigenvalue weighted by Gasteiger charge is -2.27. The molecule has 1 aliphatic carbocycles. The van der Waals surface area contributed by atoms with Crippen LogP contribution in [0.4, 0.5) is 4.79 Å². The number of amides is 1. The van der Waals surface area contributed by atoms with Gasteiger partial charge in [-0.2, -0.15) is 0 Å². The molecule has 0 unspecified atom stereocenters. The fourth-order valence-corrected chi connectivity index (χ4v) is 3.27. The molecule has 4 heteroatoms. The van der Waals surface area contributed by atoms with E-state index < -0.39 is 5.60 Å². The number of aliphatic hydroxyl groups excluding tert-OH is 1. The van der Waals surface area contributed by atoms with Gasteiger partial charge in [0.05, 0.1) is 0 Å². The fraction of sp³-hybridized carbons (Fsp3) is 0.929. The van der Waals surface area contributed by atoms with Crippen molar-refractivity contribution in [2.45, 2.75) is 52.1 Å². The molecule has 1 aliphatic heterocycles. The molecule has 104 valence electrons. The minimum absolute atomic E-state index is 0.188. The van der Waals surface area contributed by atoms with Crippen LogP contribution in [-0.4, -0.2) is 41.4 Å². The maximum atomic E-state index is 12.0. The molecule has 0 aromatic heterocycles. The summed E-state index contributed by atoms with van der Waals surface area (Å²) in [6.07, 6.45) is 4.16. The minimum atomic E-state index is -0.420. The number of rotatable bonds is 1. The Morgan fingerprint density at radius 2 is 2.17 bits per heavy atom. The maximum Gasteiger partial charge on any atom is 0.410 e. The quantitative estimate of drug-likeness (QED) is 0.782. The SMILES string of the molecule is CC(C)(C)OC(=O)N1CC[C@]2(CC[C@H](CO)C2)C1. The van der Waals surface area contributed by atoms with Crippen molar-refractivity contribution in [1.29, 1.82) is 0 Å². The highest BCUT2D eigenvalue weighted by Crippen LogP contribution is 2.48. The van der Waals surface area contributed by atoms with E-state index in [0.29, 0.717) is 5.92 Å². The molecule has 1 heterocycles. The average molecular weight is 255 g/mol. The zero-order chi connectivity index (χ0) is 13.4. The van der Waals surface area contributed by atoms with Gasteiger partial charge in [0.15, 0.2) is 0 Å². The molecule has 1 spiro atoms. The highest BCUT2D eigenvalue weighted by molar-refractivity contribution is 5.68. The van der Waals surface area contributed by atoms with Crippen LogP contribution in [0.5, 0.6) is 0 Å². The lowest BCUT2D eigenvalue weighted by Crippen LogP contribution is -2.36. The average Bonchev–Trinajstić information content (AvgIpc) is 2.84. The van der Waals surface area contributed by atoms with Gasteiger partial charge >= 0.3 is 6.09 Å². The first-order chi connectivity index (χ1) is 8.34. The molecular weight excluding hydrogens is 230 g/mol. The summed E-state index contributed by atoms with van der Waals surface area (Å²) in [4.78, 5) is 13.8. The molecule has 1 saturated carbocycles. The van der Waals surface area contributed by atoms with Crippen LogP contribution in [0, 0.1) is 11.3 Å². The van der Waals surface area contributed by atoms with Crippen molar-refractivity contribution in [2.24, 2.45) is 11.3 Å². The first kappa shape index (κ1) is 13.7. The van der Waals surface area contributed by atoms with Gasteiger partial charge in [-0.15, -0.1) is 0 Å². The normalized spacial score (nSPS) is 32.2. The highest BCUT2D eigenvalue weighted by Gasteiger charge is 2.45. The fourth-order valence-electron chi connectivity index (χ4n) is 3.27. The van der Waals surface area contributed by atoms with Gasteiger partial charge in [0.25, 0.3) is 0 Å². The van der Waals surface area contributed by atoms with E-state index in [1.165, 1.54) is 0 Å². The third kappa shape index (κ3) is 2.97. The molecule has 1 N–H and O–H groups in total. The molecule has 2 fully saturated rings. The van der Waals surface area contributed by atoms with Gasteiger partial charge < -0.3 is 14.7 Å². The first-order valence-electron chi connectivity index (χ1n) is 6.92. The van der Waals surface area contributed by atoms with Crippen LogP contribution in [0.1, 0.15) is 46.5 Å². The Morgan fingerprint density at radius 1 is 1.44 bits per heavy atom. The van der Waals surface area contributed by atoms with Crippen LogP contribution in [0.2, 0.25) is 0 Å². The number of ether oxygens (including phenoxy) is 1. The van der Waals surface area contributed by atoms with Crippen molar-refractivity contribution < 1.29 is 14.6 Å². The Hall–Kier alpha value is -0.770.